The minimum Gasteiger partial charge on any atom is -0.493 e. The first-order chi connectivity index (χ1) is 17.1. The Hall–Kier alpha value is -3.46. The molecular formula is C27H36FN3O5. The fourth-order valence-corrected chi connectivity index (χ4v) is 3.81. The summed E-state index contributed by atoms with van der Waals surface area (Å²) in [5, 5.41) is 14.2. The second kappa shape index (κ2) is 13.6. The van der Waals surface area contributed by atoms with Crippen LogP contribution >= 0.6 is 0 Å². The second-order valence-electron chi connectivity index (χ2n) is 8.80. The predicted octanol–water partition coefficient (Wildman–Crippen LogP) is 5.09. The molecule has 36 heavy (non-hydrogen) atoms. The van der Waals surface area contributed by atoms with E-state index in [9.17, 15) is 14.0 Å². The SMILES string of the molecule is CC[C@@H](C)N(C(=O)c1ccc(-c2cc(C(=O)N/C(C)=N/O)ccc2F)c(OCCCOC)c1)C(C)C. The summed E-state index contributed by atoms with van der Waals surface area (Å²) in [4.78, 5) is 27.7. The maximum atomic E-state index is 15.0. The van der Waals surface area contributed by atoms with Crippen molar-refractivity contribution in [2.24, 2.45) is 5.16 Å². The molecule has 0 aliphatic carbocycles. The topological polar surface area (TPSA) is 100 Å². The van der Waals surface area contributed by atoms with E-state index in [1.165, 1.54) is 25.1 Å². The minimum atomic E-state index is -0.554. The van der Waals surface area contributed by atoms with Gasteiger partial charge in [0.15, 0.2) is 0 Å². The largest absolute Gasteiger partial charge is 0.493 e. The number of oxime groups is 1. The molecular weight excluding hydrogens is 465 g/mol. The molecule has 1 atom stereocenters. The number of hydrogen-bond acceptors (Lipinski definition) is 6. The van der Waals surface area contributed by atoms with Crippen LogP contribution in [0.15, 0.2) is 41.6 Å². The number of halogens is 1. The highest BCUT2D eigenvalue weighted by atomic mass is 19.1. The van der Waals surface area contributed by atoms with Crippen molar-refractivity contribution in [1.29, 1.82) is 0 Å². The molecule has 9 heteroatoms. The minimum absolute atomic E-state index is 0.00301. The maximum Gasteiger partial charge on any atom is 0.256 e. The van der Waals surface area contributed by atoms with Crippen LogP contribution in [-0.4, -0.2) is 60.2 Å². The van der Waals surface area contributed by atoms with Gasteiger partial charge >= 0.3 is 0 Å². The summed E-state index contributed by atoms with van der Waals surface area (Å²) in [6.07, 6.45) is 1.41. The van der Waals surface area contributed by atoms with Crippen molar-refractivity contribution < 1.29 is 28.7 Å². The molecule has 0 fully saturated rings. The van der Waals surface area contributed by atoms with Crippen molar-refractivity contribution in [2.75, 3.05) is 20.3 Å². The van der Waals surface area contributed by atoms with Gasteiger partial charge in [0.1, 0.15) is 17.4 Å². The summed E-state index contributed by atoms with van der Waals surface area (Å²) < 4.78 is 26.0. The van der Waals surface area contributed by atoms with Crippen molar-refractivity contribution in [3.05, 3.63) is 53.3 Å². The Kier molecular flexibility index (Phi) is 10.9. The number of carbonyl (C=O) groups excluding carboxylic acids is 2. The quantitative estimate of drug-likeness (QED) is 0.147. The summed E-state index contributed by atoms with van der Waals surface area (Å²) in [5.41, 5.74) is 1.15. The molecule has 2 rings (SSSR count). The molecule has 2 aromatic rings. The number of amides is 2. The van der Waals surface area contributed by atoms with Gasteiger partial charge in [-0.1, -0.05) is 12.1 Å². The molecule has 0 spiro atoms. The van der Waals surface area contributed by atoms with Crippen molar-refractivity contribution in [3.8, 4) is 16.9 Å². The summed E-state index contributed by atoms with van der Waals surface area (Å²) in [7, 11) is 1.59. The number of rotatable bonds is 11. The third-order valence-corrected chi connectivity index (χ3v) is 5.80. The molecule has 0 aliphatic rings. The smallest absolute Gasteiger partial charge is 0.256 e. The zero-order valence-corrected chi connectivity index (χ0v) is 21.8. The van der Waals surface area contributed by atoms with E-state index in [2.05, 4.69) is 10.5 Å². The number of methoxy groups -OCH3 is 1. The first kappa shape index (κ1) is 28.8. The van der Waals surface area contributed by atoms with Crippen LogP contribution in [0.25, 0.3) is 11.1 Å². The van der Waals surface area contributed by atoms with Gasteiger partial charge in [0.25, 0.3) is 11.8 Å². The van der Waals surface area contributed by atoms with E-state index in [1.807, 2.05) is 32.6 Å². The van der Waals surface area contributed by atoms with E-state index in [-0.39, 0.29) is 35.0 Å². The molecule has 196 valence electrons. The van der Waals surface area contributed by atoms with E-state index >= 15 is 0 Å². The molecule has 2 N–H and O–H groups in total. The second-order valence-corrected chi connectivity index (χ2v) is 8.80. The Balaban J connectivity index is 2.54. The van der Waals surface area contributed by atoms with Crippen LogP contribution in [0, 0.1) is 5.82 Å². The number of nitrogens with one attached hydrogen (secondary N) is 1. The van der Waals surface area contributed by atoms with Gasteiger partial charge in [0.2, 0.25) is 0 Å². The lowest BCUT2D eigenvalue weighted by Crippen LogP contribution is -2.43. The summed E-state index contributed by atoms with van der Waals surface area (Å²) in [5.74, 6) is -0.910. The number of nitrogens with zero attached hydrogens (tertiary/aromatic N) is 2. The van der Waals surface area contributed by atoms with Gasteiger partial charge in [-0.15, -0.1) is 0 Å². The van der Waals surface area contributed by atoms with Crippen LogP contribution in [0.1, 0.15) is 68.2 Å². The normalized spacial score (nSPS) is 12.4. The van der Waals surface area contributed by atoms with E-state index < -0.39 is 11.7 Å². The average molecular weight is 502 g/mol. The predicted molar refractivity (Wildman–Crippen MR) is 137 cm³/mol. The molecule has 0 bridgehead atoms. The van der Waals surface area contributed by atoms with Crippen molar-refractivity contribution in [1.82, 2.24) is 10.2 Å². The maximum absolute atomic E-state index is 15.0. The first-order valence-corrected chi connectivity index (χ1v) is 12.0. The lowest BCUT2D eigenvalue weighted by Gasteiger charge is -2.32. The van der Waals surface area contributed by atoms with Gasteiger partial charge in [-0.05, 0) is 70.5 Å². The van der Waals surface area contributed by atoms with E-state index in [1.54, 1.807) is 25.3 Å². The highest BCUT2D eigenvalue weighted by Crippen LogP contribution is 2.34. The highest BCUT2D eigenvalue weighted by Gasteiger charge is 2.25. The van der Waals surface area contributed by atoms with Crippen LogP contribution in [-0.2, 0) is 4.74 Å². The summed E-state index contributed by atoms with van der Waals surface area (Å²) in [6, 6.07) is 8.86. The summed E-state index contributed by atoms with van der Waals surface area (Å²) >= 11 is 0. The van der Waals surface area contributed by atoms with Gasteiger partial charge in [0.05, 0.1) is 6.61 Å². The lowest BCUT2D eigenvalue weighted by atomic mass is 9.98. The van der Waals surface area contributed by atoms with Gasteiger partial charge in [-0.25, -0.2) is 4.39 Å². The van der Waals surface area contributed by atoms with Gasteiger partial charge in [0, 0.05) is 54.5 Å². The molecule has 0 aromatic heterocycles. The molecule has 0 unspecified atom stereocenters. The van der Waals surface area contributed by atoms with Crippen LogP contribution < -0.4 is 10.1 Å². The Labute approximate surface area is 212 Å². The molecule has 0 saturated carbocycles. The zero-order valence-electron chi connectivity index (χ0n) is 21.8. The molecule has 0 saturated heterocycles. The Bertz CT molecular complexity index is 1090. The number of ether oxygens (including phenoxy) is 2. The average Bonchev–Trinajstić information content (AvgIpc) is 2.86. The van der Waals surface area contributed by atoms with Gasteiger partial charge < -0.3 is 24.9 Å². The lowest BCUT2D eigenvalue weighted by molar-refractivity contribution is 0.0621. The molecule has 0 aliphatic heterocycles. The monoisotopic (exact) mass is 501 g/mol. The standard InChI is InChI=1S/C27H36FN3O5/c1-7-18(4)31(17(2)3)27(33)21-9-11-22(25(16-21)36-14-8-13-35-6)23-15-20(10-12-24(23)28)26(32)29-19(5)30-34/h9-12,15-18,34H,7-8,13-14H2,1-6H3,(H,29,30,32)/t18-/m1/s1. The van der Waals surface area contributed by atoms with Crippen LogP contribution in [0.5, 0.6) is 5.75 Å². The van der Waals surface area contributed by atoms with E-state index in [0.717, 1.165) is 6.42 Å². The van der Waals surface area contributed by atoms with Crippen molar-refractivity contribution in [3.63, 3.8) is 0 Å². The zero-order chi connectivity index (χ0) is 26.8. The first-order valence-electron chi connectivity index (χ1n) is 12.0. The third-order valence-electron chi connectivity index (χ3n) is 5.80. The number of carbonyl (C=O) groups is 2. The molecule has 0 radical (unpaired) electrons. The highest BCUT2D eigenvalue weighted by molar-refractivity contribution is 6.06. The Morgan fingerprint density at radius 1 is 1.08 bits per heavy atom. The molecule has 0 heterocycles. The van der Waals surface area contributed by atoms with Crippen molar-refractivity contribution >= 4 is 17.6 Å². The number of amidine groups is 1. The van der Waals surface area contributed by atoms with Crippen LogP contribution in [0.4, 0.5) is 4.39 Å². The van der Waals surface area contributed by atoms with Gasteiger partial charge in [-0.3, -0.25) is 9.59 Å². The van der Waals surface area contributed by atoms with E-state index in [0.29, 0.717) is 36.5 Å². The Morgan fingerprint density at radius 3 is 2.39 bits per heavy atom. The third kappa shape index (κ3) is 7.27. The fraction of sp³-hybridized carbons (Fsp3) is 0.444. The fourth-order valence-electron chi connectivity index (χ4n) is 3.81. The number of hydrogen-bond donors (Lipinski definition) is 2. The number of benzene rings is 2. The van der Waals surface area contributed by atoms with E-state index in [4.69, 9.17) is 14.7 Å². The molecule has 8 nitrogen and oxygen atoms in total. The van der Waals surface area contributed by atoms with Gasteiger partial charge in [-0.2, -0.15) is 0 Å². The molecule has 2 aromatic carbocycles. The van der Waals surface area contributed by atoms with Crippen LogP contribution in [0.2, 0.25) is 0 Å². The van der Waals surface area contributed by atoms with Crippen LogP contribution in [0.3, 0.4) is 0 Å². The summed E-state index contributed by atoms with van der Waals surface area (Å²) in [6.45, 7) is 10.2. The Morgan fingerprint density at radius 2 is 1.78 bits per heavy atom. The molecule has 2 amide bonds. The van der Waals surface area contributed by atoms with Crippen molar-refractivity contribution in [2.45, 2.75) is 59.5 Å².